The number of tetrazole rings is 1. The molecule has 0 fully saturated rings. The van der Waals surface area contributed by atoms with Gasteiger partial charge in [0.05, 0.1) is 18.5 Å². The third kappa shape index (κ3) is 4.49. The molecule has 10 nitrogen and oxygen atoms in total. The quantitative estimate of drug-likeness (QED) is 0.530. The molecular weight excluding hydrogens is 353 g/mol. The number of carboxylic acid groups (broad SMARTS) is 1. The second-order valence-corrected chi connectivity index (χ2v) is 6.43. The minimum Gasteiger partial charge on any atom is -0.535 e. The predicted molar refractivity (Wildman–Crippen MR) is 94.3 cm³/mol. The van der Waals surface area contributed by atoms with Crippen LogP contribution in [0.2, 0.25) is 5.82 Å². The summed E-state index contributed by atoms with van der Waals surface area (Å²) in [6.07, 6.45) is 1.14. The topological polar surface area (TPSA) is 153 Å². The Morgan fingerprint density at radius 2 is 2.22 bits per heavy atom. The molecule has 3 rings (SSSR count). The van der Waals surface area contributed by atoms with Crippen LogP contribution in [0.25, 0.3) is 0 Å². The number of carboxylic acids is 1. The van der Waals surface area contributed by atoms with E-state index in [9.17, 15) is 19.7 Å². The van der Waals surface area contributed by atoms with Crippen molar-refractivity contribution in [3.63, 3.8) is 0 Å². The summed E-state index contributed by atoms with van der Waals surface area (Å²) in [5.74, 6) is -1.28. The first kappa shape index (κ1) is 19.0. The Hall–Kier alpha value is -2.79. The minimum atomic E-state index is -1.25. The lowest BCUT2D eigenvalue weighted by Crippen LogP contribution is -2.36. The first-order chi connectivity index (χ1) is 13.0. The summed E-state index contributed by atoms with van der Waals surface area (Å²) in [4.78, 5) is 25.0. The average Bonchev–Trinajstić information content (AvgIpc) is 3.07. The van der Waals surface area contributed by atoms with Crippen molar-refractivity contribution in [1.82, 2.24) is 20.2 Å². The number of ketones is 1. The number of hydrogen-bond donors (Lipinski definition) is 3. The Morgan fingerprint density at radius 3 is 2.96 bits per heavy atom. The van der Waals surface area contributed by atoms with Crippen LogP contribution in [-0.4, -0.2) is 55.8 Å². The minimum absolute atomic E-state index is 0.00498. The maximum atomic E-state index is 12.3. The van der Waals surface area contributed by atoms with Crippen LogP contribution in [0.5, 0.6) is 5.75 Å². The lowest BCUT2D eigenvalue weighted by molar-refractivity contribution is -0.118. The Bertz CT molecular complexity index is 842. The monoisotopic (exact) mass is 373 g/mol. The third-order valence-corrected chi connectivity index (χ3v) is 4.35. The molecule has 1 atom stereocenters. The number of carbonyl (C=O) groups is 2. The van der Waals surface area contributed by atoms with Crippen molar-refractivity contribution in [2.45, 2.75) is 38.0 Å². The fraction of sp³-hybridized carbons (Fsp3) is 0.438. The van der Waals surface area contributed by atoms with Crippen LogP contribution in [-0.2, 0) is 24.2 Å². The van der Waals surface area contributed by atoms with Gasteiger partial charge in [0, 0.05) is 12.2 Å². The molecule has 0 bridgehead atoms. The van der Waals surface area contributed by atoms with Crippen LogP contribution in [0.1, 0.15) is 34.6 Å². The van der Waals surface area contributed by atoms with E-state index >= 15 is 0 Å². The van der Waals surface area contributed by atoms with E-state index in [-0.39, 0.29) is 29.9 Å². The largest absolute Gasteiger partial charge is 0.535 e. The number of benzene rings is 1. The lowest BCUT2D eigenvalue weighted by Gasteiger charge is -2.27. The summed E-state index contributed by atoms with van der Waals surface area (Å²) >= 11 is 0. The fourth-order valence-corrected chi connectivity index (χ4v) is 3.04. The van der Waals surface area contributed by atoms with Crippen molar-refractivity contribution in [3.8, 4) is 5.75 Å². The molecule has 4 N–H and O–H groups in total. The van der Waals surface area contributed by atoms with Crippen LogP contribution >= 0.6 is 0 Å². The highest BCUT2D eigenvalue weighted by Gasteiger charge is 2.37. The molecule has 0 saturated heterocycles. The Morgan fingerprint density at radius 1 is 1.41 bits per heavy atom. The first-order valence-corrected chi connectivity index (χ1v) is 8.66. The van der Waals surface area contributed by atoms with E-state index in [1.165, 1.54) is 10.9 Å². The molecule has 0 spiro atoms. The van der Waals surface area contributed by atoms with Gasteiger partial charge in [-0.2, -0.15) is 4.80 Å². The molecule has 1 aromatic carbocycles. The van der Waals surface area contributed by atoms with Crippen molar-refractivity contribution in [2.75, 3.05) is 6.54 Å². The normalized spacial score (nSPS) is 15.9. The maximum absolute atomic E-state index is 12.3. The number of nitrogens with zero attached hydrogens (tertiary/aromatic N) is 4. The molecule has 11 heteroatoms. The summed E-state index contributed by atoms with van der Waals surface area (Å²) < 4.78 is 5.40. The smallest absolute Gasteiger partial charge is 0.526 e. The van der Waals surface area contributed by atoms with Crippen LogP contribution in [0.3, 0.4) is 0 Å². The van der Waals surface area contributed by atoms with Gasteiger partial charge >= 0.3 is 13.1 Å². The zero-order valence-electron chi connectivity index (χ0n) is 14.6. The molecule has 1 aliphatic rings. The summed E-state index contributed by atoms with van der Waals surface area (Å²) in [7, 11) is -1.25. The van der Waals surface area contributed by atoms with E-state index in [0.717, 1.165) is 0 Å². The number of Topliss-reactive ketones (excluding diaryl/α,β-unsaturated/α-hetero) is 1. The third-order valence-electron chi connectivity index (χ3n) is 4.35. The summed E-state index contributed by atoms with van der Waals surface area (Å²) in [6.45, 7) is 1.05. The number of fused-ring (bicyclic) bond motifs is 1. The molecule has 142 valence electrons. The van der Waals surface area contributed by atoms with Crippen molar-refractivity contribution in [2.24, 2.45) is 5.73 Å². The van der Waals surface area contributed by atoms with Crippen LogP contribution in [0.15, 0.2) is 18.2 Å². The van der Waals surface area contributed by atoms with Crippen molar-refractivity contribution < 1.29 is 24.4 Å². The Balaban J connectivity index is 1.62. The summed E-state index contributed by atoms with van der Waals surface area (Å²) in [5.41, 5.74) is 6.08. The number of aryl methyl sites for hydroxylation is 1. The molecular formula is C16H20BN5O5. The standard InChI is InChI=1S/C16H20BN5O5/c18-5-2-6-22-20-14(19-21-22)9-12(23)8-11-7-10-3-1-4-13(16(24)25)15(10)27-17(11)26/h1,3-4,11,26H,2,5-9,18H2,(H,24,25)/t11-/m1/s1. The predicted octanol–water partition coefficient (Wildman–Crippen LogP) is -0.292. The molecule has 1 aliphatic heterocycles. The second kappa shape index (κ2) is 8.27. The Kier molecular flexibility index (Phi) is 5.82. The van der Waals surface area contributed by atoms with E-state index in [1.807, 2.05) is 0 Å². The lowest BCUT2D eigenvalue weighted by atomic mass is 9.64. The molecule has 2 heterocycles. The molecule has 2 aromatic rings. The van der Waals surface area contributed by atoms with Gasteiger partial charge in [-0.25, -0.2) is 4.79 Å². The van der Waals surface area contributed by atoms with Crippen molar-refractivity contribution in [1.29, 1.82) is 0 Å². The van der Waals surface area contributed by atoms with Gasteiger partial charge in [-0.15, -0.1) is 10.2 Å². The van der Waals surface area contributed by atoms with Crippen molar-refractivity contribution in [3.05, 3.63) is 35.2 Å². The highest BCUT2D eigenvalue weighted by Crippen LogP contribution is 2.36. The van der Waals surface area contributed by atoms with Crippen LogP contribution in [0.4, 0.5) is 0 Å². The summed E-state index contributed by atoms with van der Waals surface area (Å²) in [5, 5.41) is 31.3. The van der Waals surface area contributed by atoms with Gasteiger partial charge in [-0.1, -0.05) is 12.1 Å². The van der Waals surface area contributed by atoms with E-state index in [1.54, 1.807) is 12.1 Å². The van der Waals surface area contributed by atoms with Gasteiger partial charge in [0.1, 0.15) is 11.5 Å². The maximum Gasteiger partial charge on any atom is 0.526 e. The van der Waals surface area contributed by atoms with E-state index in [4.69, 9.17) is 10.4 Å². The molecule has 0 aliphatic carbocycles. The number of aromatic carboxylic acids is 1. The molecule has 0 saturated carbocycles. The Labute approximate surface area is 155 Å². The van der Waals surface area contributed by atoms with Crippen molar-refractivity contribution >= 4 is 18.9 Å². The zero-order valence-corrected chi connectivity index (χ0v) is 14.6. The second-order valence-electron chi connectivity index (χ2n) is 6.43. The van der Waals surface area contributed by atoms with Gasteiger partial charge in [0.25, 0.3) is 0 Å². The summed E-state index contributed by atoms with van der Waals surface area (Å²) in [6, 6.07) is 4.76. The highest BCUT2D eigenvalue weighted by molar-refractivity contribution is 6.47. The van der Waals surface area contributed by atoms with E-state index < -0.39 is 18.9 Å². The number of carbonyl (C=O) groups excluding carboxylic acids is 1. The van der Waals surface area contributed by atoms with E-state index in [0.29, 0.717) is 37.3 Å². The van der Waals surface area contributed by atoms with Gasteiger partial charge < -0.3 is 20.5 Å². The first-order valence-electron chi connectivity index (χ1n) is 8.66. The molecule has 1 aromatic heterocycles. The molecule has 27 heavy (non-hydrogen) atoms. The number of para-hydroxylation sites is 1. The number of rotatable bonds is 8. The zero-order chi connectivity index (χ0) is 19.4. The van der Waals surface area contributed by atoms with E-state index in [2.05, 4.69) is 15.4 Å². The highest BCUT2D eigenvalue weighted by atomic mass is 16.5. The number of aromatic nitrogens is 4. The van der Waals surface area contributed by atoms with Gasteiger partial charge in [-0.05, 0) is 36.2 Å². The van der Waals surface area contributed by atoms with Gasteiger partial charge in [0.15, 0.2) is 5.82 Å². The number of nitrogens with two attached hydrogens (primary N) is 1. The SMILES string of the molecule is NCCCn1nnc(CC(=O)C[C@H]2Cc3cccc(C(=O)O)c3OB2O)n1. The molecule has 0 unspecified atom stereocenters. The van der Waals surface area contributed by atoms with Crippen LogP contribution < -0.4 is 10.4 Å². The number of hydrogen-bond acceptors (Lipinski definition) is 8. The van der Waals surface area contributed by atoms with Gasteiger partial charge in [0.2, 0.25) is 0 Å². The average molecular weight is 373 g/mol. The fourth-order valence-electron chi connectivity index (χ4n) is 3.04. The van der Waals surface area contributed by atoms with Crippen LogP contribution in [0, 0.1) is 0 Å². The molecule has 0 amide bonds. The van der Waals surface area contributed by atoms with Gasteiger partial charge in [-0.3, -0.25) is 4.79 Å². The molecule has 0 radical (unpaired) electrons.